The van der Waals surface area contributed by atoms with Crippen molar-refractivity contribution in [2.45, 2.75) is 47.1 Å². The van der Waals surface area contributed by atoms with Gasteiger partial charge in [0.05, 0.1) is 4.92 Å². The van der Waals surface area contributed by atoms with Crippen LogP contribution in [-0.4, -0.2) is 37.6 Å². The van der Waals surface area contributed by atoms with Gasteiger partial charge in [0.15, 0.2) is 6.79 Å². The summed E-state index contributed by atoms with van der Waals surface area (Å²) in [6, 6.07) is 6.09. The van der Waals surface area contributed by atoms with Crippen LogP contribution in [0.3, 0.4) is 0 Å². The molecule has 0 spiro atoms. The van der Waals surface area contributed by atoms with Gasteiger partial charge in [-0.1, -0.05) is 0 Å². The van der Waals surface area contributed by atoms with Gasteiger partial charge in [-0.25, -0.2) is 4.79 Å². The fourth-order valence-electron chi connectivity index (χ4n) is 2.99. The normalized spacial score (nSPS) is 11.1. The Balaban J connectivity index is 2.44. The molecule has 0 saturated carbocycles. The first-order valence-electron chi connectivity index (χ1n) is 10.0. The van der Waals surface area contributed by atoms with Gasteiger partial charge in [0.2, 0.25) is 0 Å². The molecule has 0 heterocycles. The number of carbonyl (C=O) groups excluding carboxylic acids is 1. The first-order valence-corrected chi connectivity index (χ1v) is 10.0. The zero-order chi connectivity index (χ0) is 24.2. The zero-order valence-electron chi connectivity index (χ0n) is 19.8. The molecule has 0 aliphatic heterocycles. The molecule has 1 amide bonds. The molecule has 0 atom stereocenters. The lowest BCUT2D eigenvalue weighted by atomic mass is 10.0. The van der Waals surface area contributed by atoms with E-state index in [2.05, 4.69) is 0 Å². The number of nitro benzene ring substituents is 1. The predicted octanol–water partition coefficient (Wildman–Crippen LogP) is 5.67. The lowest BCUT2D eigenvalue weighted by Gasteiger charge is -2.25. The van der Waals surface area contributed by atoms with E-state index in [1.165, 1.54) is 25.2 Å². The van der Waals surface area contributed by atoms with Gasteiger partial charge < -0.3 is 18.9 Å². The van der Waals surface area contributed by atoms with Crippen molar-refractivity contribution in [3.05, 3.63) is 51.1 Å². The highest BCUT2D eigenvalue weighted by molar-refractivity contribution is 5.90. The Labute approximate surface area is 188 Å². The lowest BCUT2D eigenvalue weighted by Crippen LogP contribution is -2.34. The Morgan fingerprint density at radius 1 is 1.12 bits per heavy atom. The highest BCUT2D eigenvalue weighted by atomic mass is 16.7. The number of methoxy groups -OCH3 is 1. The van der Waals surface area contributed by atoms with Gasteiger partial charge >= 0.3 is 6.09 Å². The number of ether oxygens (including phenoxy) is 4. The van der Waals surface area contributed by atoms with Gasteiger partial charge in [0.1, 0.15) is 28.5 Å². The van der Waals surface area contributed by atoms with E-state index >= 15 is 0 Å². The molecule has 32 heavy (non-hydrogen) atoms. The first kappa shape index (κ1) is 24.9. The number of hydrogen-bond acceptors (Lipinski definition) is 7. The summed E-state index contributed by atoms with van der Waals surface area (Å²) in [7, 11) is 2.97. The van der Waals surface area contributed by atoms with Crippen molar-refractivity contribution in [3.63, 3.8) is 0 Å². The predicted molar refractivity (Wildman–Crippen MR) is 121 cm³/mol. The van der Waals surface area contributed by atoms with Crippen molar-refractivity contribution in [2.75, 3.05) is 25.9 Å². The standard InChI is InChI=1S/C23H30N2O7/c1-14-11-20(30-13-29-8)15(2)16(3)21(14)31-17-9-10-18(25(27)28)19(12-17)24(7)22(26)32-23(4,5)6/h9-12H,13H2,1-8H3. The van der Waals surface area contributed by atoms with Crippen LogP contribution in [0.25, 0.3) is 0 Å². The SMILES string of the molecule is COCOc1cc(C)c(Oc2ccc([N+](=O)[O-])c(N(C)C(=O)OC(C)(C)C)c2)c(C)c1C. The average Bonchev–Trinajstić information content (AvgIpc) is 2.70. The molecule has 0 aliphatic carbocycles. The number of carbonyl (C=O) groups is 1. The molecule has 2 aromatic rings. The summed E-state index contributed by atoms with van der Waals surface area (Å²) in [5.41, 5.74) is 1.64. The largest absolute Gasteiger partial charge is 0.467 e. The molecule has 0 unspecified atom stereocenters. The fraction of sp³-hybridized carbons (Fsp3) is 0.435. The molecule has 0 saturated heterocycles. The number of nitrogens with zero attached hydrogens (tertiary/aromatic N) is 2. The molecule has 2 rings (SSSR count). The molecule has 0 radical (unpaired) electrons. The third kappa shape index (κ3) is 5.88. The Kier molecular flexibility index (Phi) is 7.69. The van der Waals surface area contributed by atoms with Crippen molar-refractivity contribution in [2.24, 2.45) is 0 Å². The van der Waals surface area contributed by atoms with Crippen LogP contribution in [0.5, 0.6) is 17.2 Å². The number of nitro groups is 1. The van der Waals surface area contributed by atoms with E-state index in [-0.39, 0.29) is 18.2 Å². The smallest absolute Gasteiger partial charge is 0.414 e. The summed E-state index contributed by atoms with van der Waals surface area (Å²) >= 11 is 0. The van der Waals surface area contributed by atoms with Crippen molar-refractivity contribution >= 4 is 17.5 Å². The van der Waals surface area contributed by atoms with Gasteiger partial charge in [-0.15, -0.1) is 0 Å². The van der Waals surface area contributed by atoms with E-state index in [4.69, 9.17) is 18.9 Å². The quantitative estimate of drug-likeness (QED) is 0.307. The highest BCUT2D eigenvalue weighted by Crippen LogP contribution is 2.39. The number of aryl methyl sites for hydroxylation is 1. The topological polar surface area (TPSA) is 100 Å². The Morgan fingerprint density at radius 2 is 1.78 bits per heavy atom. The minimum absolute atomic E-state index is 0.0637. The average molecular weight is 447 g/mol. The Hall–Kier alpha value is -3.33. The molecule has 0 N–H and O–H groups in total. The number of amides is 1. The van der Waals surface area contributed by atoms with Gasteiger partial charge in [-0.2, -0.15) is 0 Å². The van der Waals surface area contributed by atoms with E-state index < -0.39 is 16.6 Å². The molecule has 0 aromatic heterocycles. The van der Waals surface area contributed by atoms with Crippen LogP contribution in [0.2, 0.25) is 0 Å². The number of benzene rings is 2. The van der Waals surface area contributed by atoms with Crippen LogP contribution in [0.4, 0.5) is 16.2 Å². The molecular weight excluding hydrogens is 416 g/mol. The summed E-state index contributed by atoms with van der Waals surface area (Å²) in [4.78, 5) is 24.6. The number of hydrogen-bond donors (Lipinski definition) is 0. The van der Waals surface area contributed by atoms with E-state index in [0.717, 1.165) is 21.6 Å². The van der Waals surface area contributed by atoms with Crippen LogP contribution in [0, 0.1) is 30.9 Å². The van der Waals surface area contributed by atoms with Crippen LogP contribution in [-0.2, 0) is 9.47 Å². The molecule has 0 aliphatic rings. The number of rotatable bonds is 7. The summed E-state index contributed by atoms with van der Waals surface area (Å²) in [5.74, 6) is 1.63. The van der Waals surface area contributed by atoms with E-state index in [0.29, 0.717) is 17.2 Å². The summed E-state index contributed by atoms with van der Waals surface area (Å²) in [6.07, 6.45) is -0.708. The van der Waals surface area contributed by atoms with Crippen molar-refractivity contribution in [3.8, 4) is 17.2 Å². The Morgan fingerprint density at radius 3 is 2.34 bits per heavy atom. The minimum Gasteiger partial charge on any atom is -0.467 e. The van der Waals surface area contributed by atoms with Crippen molar-refractivity contribution < 1.29 is 28.7 Å². The zero-order valence-corrected chi connectivity index (χ0v) is 19.8. The van der Waals surface area contributed by atoms with E-state index in [1.54, 1.807) is 27.9 Å². The lowest BCUT2D eigenvalue weighted by molar-refractivity contribution is -0.384. The molecule has 9 nitrogen and oxygen atoms in total. The maximum Gasteiger partial charge on any atom is 0.414 e. The highest BCUT2D eigenvalue weighted by Gasteiger charge is 2.27. The molecular formula is C23H30N2O7. The monoisotopic (exact) mass is 446 g/mol. The first-order chi connectivity index (χ1) is 14.9. The fourth-order valence-corrected chi connectivity index (χ4v) is 2.99. The maximum absolute atomic E-state index is 12.5. The van der Waals surface area contributed by atoms with Crippen molar-refractivity contribution in [1.82, 2.24) is 0 Å². The second-order valence-corrected chi connectivity index (χ2v) is 8.37. The van der Waals surface area contributed by atoms with Gasteiger partial charge in [0, 0.05) is 26.3 Å². The van der Waals surface area contributed by atoms with Gasteiger partial charge in [0.25, 0.3) is 5.69 Å². The maximum atomic E-state index is 12.5. The summed E-state index contributed by atoms with van der Waals surface area (Å²) in [5, 5.41) is 11.5. The van der Waals surface area contributed by atoms with Crippen LogP contribution >= 0.6 is 0 Å². The van der Waals surface area contributed by atoms with Crippen LogP contribution in [0.1, 0.15) is 37.5 Å². The van der Waals surface area contributed by atoms with E-state index in [9.17, 15) is 14.9 Å². The molecule has 174 valence electrons. The number of anilines is 1. The molecule has 0 bridgehead atoms. The second-order valence-electron chi connectivity index (χ2n) is 8.37. The van der Waals surface area contributed by atoms with Gasteiger partial charge in [-0.05, 0) is 70.4 Å². The second kappa shape index (κ2) is 9.86. The van der Waals surface area contributed by atoms with Crippen LogP contribution < -0.4 is 14.4 Å². The molecule has 9 heteroatoms. The third-order valence-electron chi connectivity index (χ3n) is 4.70. The molecule has 2 aromatic carbocycles. The van der Waals surface area contributed by atoms with Gasteiger partial charge in [-0.3, -0.25) is 15.0 Å². The third-order valence-corrected chi connectivity index (χ3v) is 4.70. The molecule has 0 fully saturated rings. The summed E-state index contributed by atoms with van der Waals surface area (Å²) < 4.78 is 22.0. The minimum atomic E-state index is -0.743. The Bertz CT molecular complexity index is 1010. The van der Waals surface area contributed by atoms with E-state index in [1.807, 2.05) is 26.8 Å². The van der Waals surface area contributed by atoms with Crippen molar-refractivity contribution in [1.29, 1.82) is 0 Å². The summed E-state index contributed by atoms with van der Waals surface area (Å²) in [6.45, 7) is 11.0. The van der Waals surface area contributed by atoms with Crippen LogP contribution in [0.15, 0.2) is 24.3 Å².